The van der Waals surface area contributed by atoms with E-state index in [2.05, 4.69) is 69.5 Å². The summed E-state index contributed by atoms with van der Waals surface area (Å²) in [4.78, 5) is 13.6. The Morgan fingerprint density at radius 3 is 2.60 bits per heavy atom. The molecule has 25 heavy (non-hydrogen) atoms. The molecule has 1 saturated heterocycles. The molecule has 0 amide bonds. The van der Waals surface area contributed by atoms with E-state index in [1.807, 2.05) is 12.3 Å². The molecule has 1 aliphatic heterocycles. The number of hydrogen-bond donors (Lipinski definition) is 1. The van der Waals surface area contributed by atoms with E-state index in [1.165, 1.54) is 24.8 Å². The zero-order valence-electron chi connectivity index (χ0n) is 15.4. The molecule has 2 aromatic rings. The van der Waals surface area contributed by atoms with Gasteiger partial charge in [0.1, 0.15) is 5.82 Å². The van der Waals surface area contributed by atoms with Gasteiger partial charge in [-0.3, -0.25) is 0 Å². The SMILES string of the molecule is CN(C)CCNc1ccnc(N2CCC(Cc3ccccc3)CC2)n1. The molecule has 5 heteroatoms. The smallest absolute Gasteiger partial charge is 0.227 e. The maximum atomic E-state index is 4.69. The lowest BCUT2D eigenvalue weighted by atomic mass is 9.90. The van der Waals surface area contributed by atoms with Crippen molar-refractivity contribution in [2.45, 2.75) is 19.3 Å². The molecule has 134 valence electrons. The van der Waals surface area contributed by atoms with Crippen LogP contribution in [0.5, 0.6) is 0 Å². The van der Waals surface area contributed by atoms with E-state index in [1.54, 1.807) is 0 Å². The molecule has 5 nitrogen and oxygen atoms in total. The lowest BCUT2D eigenvalue weighted by Crippen LogP contribution is -2.35. The zero-order valence-corrected chi connectivity index (χ0v) is 15.4. The number of likely N-dealkylation sites (N-methyl/N-ethyl adjacent to an activating group) is 1. The van der Waals surface area contributed by atoms with E-state index in [9.17, 15) is 0 Å². The molecule has 2 heterocycles. The predicted octanol–water partition coefficient (Wildman–Crippen LogP) is 2.91. The quantitative estimate of drug-likeness (QED) is 0.840. The van der Waals surface area contributed by atoms with Crippen molar-refractivity contribution in [3.63, 3.8) is 0 Å². The maximum Gasteiger partial charge on any atom is 0.227 e. The van der Waals surface area contributed by atoms with Crippen LogP contribution in [0.2, 0.25) is 0 Å². The van der Waals surface area contributed by atoms with Crippen LogP contribution in [0.25, 0.3) is 0 Å². The Labute approximate surface area is 151 Å². The van der Waals surface area contributed by atoms with Crippen LogP contribution >= 0.6 is 0 Å². The lowest BCUT2D eigenvalue weighted by molar-refractivity contribution is 0.400. The summed E-state index contributed by atoms with van der Waals surface area (Å²) in [6.07, 6.45) is 5.45. The maximum absolute atomic E-state index is 4.69. The van der Waals surface area contributed by atoms with Crippen molar-refractivity contribution < 1.29 is 0 Å². The van der Waals surface area contributed by atoms with E-state index >= 15 is 0 Å². The summed E-state index contributed by atoms with van der Waals surface area (Å²) in [6, 6.07) is 12.8. The highest BCUT2D eigenvalue weighted by atomic mass is 15.3. The second-order valence-electron chi connectivity index (χ2n) is 7.09. The van der Waals surface area contributed by atoms with Gasteiger partial charge in [-0.15, -0.1) is 0 Å². The van der Waals surface area contributed by atoms with Crippen LogP contribution in [0.1, 0.15) is 18.4 Å². The standard InChI is InChI=1S/C20H29N5/c1-24(2)15-12-21-19-8-11-22-20(23-19)25-13-9-18(10-14-25)16-17-6-4-3-5-7-17/h3-8,11,18H,9-10,12-16H2,1-2H3,(H,21,22,23). The molecule has 1 N–H and O–H groups in total. The number of nitrogens with zero attached hydrogens (tertiary/aromatic N) is 4. The van der Waals surface area contributed by atoms with Gasteiger partial charge in [-0.05, 0) is 50.9 Å². The predicted molar refractivity (Wildman–Crippen MR) is 104 cm³/mol. The third-order valence-corrected chi connectivity index (χ3v) is 4.77. The first-order valence-electron chi connectivity index (χ1n) is 9.21. The van der Waals surface area contributed by atoms with Gasteiger partial charge in [0.05, 0.1) is 0 Å². The molecular weight excluding hydrogens is 310 g/mol. The van der Waals surface area contributed by atoms with Crippen LogP contribution in [-0.4, -0.2) is 55.1 Å². The highest BCUT2D eigenvalue weighted by Crippen LogP contribution is 2.24. The Bertz CT molecular complexity index is 636. The first kappa shape index (κ1) is 17.7. The van der Waals surface area contributed by atoms with E-state index in [4.69, 9.17) is 0 Å². The summed E-state index contributed by atoms with van der Waals surface area (Å²) in [5.41, 5.74) is 1.45. The molecule has 1 aliphatic rings. The molecule has 0 spiro atoms. The zero-order chi connectivity index (χ0) is 17.5. The Morgan fingerprint density at radius 2 is 1.88 bits per heavy atom. The van der Waals surface area contributed by atoms with Crippen LogP contribution in [0.3, 0.4) is 0 Å². The minimum absolute atomic E-state index is 0.764. The van der Waals surface area contributed by atoms with Crippen molar-refractivity contribution >= 4 is 11.8 Å². The molecule has 0 radical (unpaired) electrons. The van der Waals surface area contributed by atoms with Crippen LogP contribution in [-0.2, 0) is 6.42 Å². The van der Waals surface area contributed by atoms with Gasteiger partial charge in [-0.1, -0.05) is 30.3 Å². The van der Waals surface area contributed by atoms with E-state index in [0.29, 0.717) is 0 Å². The summed E-state index contributed by atoms with van der Waals surface area (Å²) in [7, 11) is 4.15. The Kier molecular flexibility index (Phi) is 6.23. The molecule has 1 aromatic carbocycles. The largest absolute Gasteiger partial charge is 0.369 e. The van der Waals surface area contributed by atoms with Crippen molar-refractivity contribution in [2.24, 2.45) is 5.92 Å². The highest BCUT2D eigenvalue weighted by molar-refractivity contribution is 5.41. The third-order valence-electron chi connectivity index (χ3n) is 4.77. The minimum Gasteiger partial charge on any atom is -0.369 e. The van der Waals surface area contributed by atoms with Gasteiger partial charge in [0.25, 0.3) is 0 Å². The number of anilines is 2. The summed E-state index contributed by atoms with van der Waals surface area (Å²) in [5, 5.41) is 3.38. The lowest BCUT2D eigenvalue weighted by Gasteiger charge is -2.32. The van der Waals surface area contributed by atoms with Gasteiger partial charge in [-0.2, -0.15) is 4.98 Å². The van der Waals surface area contributed by atoms with Gasteiger partial charge in [0, 0.05) is 32.4 Å². The fraction of sp³-hybridized carbons (Fsp3) is 0.500. The highest BCUT2D eigenvalue weighted by Gasteiger charge is 2.21. The summed E-state index contributed by atoms with van der Waals surface area (Å²) < 4.78 is 0. The number of nitrogens with one attached hydrogen (secondary N) is 1. The van der Waals surface area contributed by atoms with Crippen molar-refractivity contribution in [1.29, 1.82) is 0 Å². The molecule has 0 saturated carbocycles. The van der Waals surface area contributed by atoms with Gasteiger partial charge < -0.3 is 15.1 Å². The number of rotatable bonds is 7. The van der Waals surface area contributed by atoms with E-state index < -0.39 is 0 Å². The van der Waals surface area contributed by atoms with Gasteiger partial charge in [0.15, 0.2) is 0 Å². The van der Waals surface area contributed by atoms with Crippen LogP contribution in [0, 0.1) is 5.92 Å². The number of benzene rings is 1. The van der Waals surface area contributed by atoms with Crippen LogP contribution in [0.4, 0.5) is 11.8 Å². The van der Waals surface area contributed by atoms with Crippen LogP contribution < -0.4 is 10.2 Å². The number of aromatic nitrogens is 2. The molecular formula is C20H29N5. The molecule has 0 aliphatic carbocycles. The first-order valence-corrected chi connectivity index (χ1v) is 9.21. The van der Waals surface area contributed by atoms with Gasteiger partial charge in [-0.25, -0.2) is 4.98 Å². The third kappa shape index (κ3) is 5.43. The van der Waals surface area contributed by atoms with Gasteiger partial charge in [0.2, 0.25) is 5.95 Å². The van der Waals surface area contributed by atoms with E-state index in [-0.39, 0.29) is 0 Å². The summed E-state index contributed by atoms with van der Waals surface area (Å²) in [5.74, 6) is 2.53. The normalized spacial score (nSPS) is 15.6. The Hall–Kier alpha value is -2.14. The monoisotopic (exact) mass is 339 g/mol. The Morgan fingerprint density at radius 1 is 1.12 bits per heavy atom. The molecule has 1 aromatic heterocycles. The number of piperidine rings is 1. The summed E-state index contributed by atoms with van der Waals surface area (Å²) in [6.45, 7) is 3.96. The molecule has 0 unspecified atom stereocenters. The fourth-order valence-corrected chi connectivity index (χ4v) is 3.29. The minimum atomic E-state index is 0.764. The molecule has 0 atom stereocenters. The topological polar surface area (TPSA) is 44.3 Å². The second-order valence-corrected chi connectivity index (χ2v) is 7.09. The molecule has 3 rings (SSSR count). The van der Waals surface area contributed by atoms with Crippen LogP contribution in [0.15, 0.2) is 42.6 Å². The van der Waals surface area contributed by atoms with E-state index in [0.717, 1.165) is 43.9 Å². The van der Waals surface area contributed by atoms with Gasteiger partial charge >= 0.3 is 0 Å². The average molecular weight is 339 g/mol. The molecule has 1 fully saturated rings. The first-order chi connectivity index (χ1) is 12.2. The summed E-state index contributed by atoms with van der Waals surface area (Å²) >= 11 is 0. The van der Waals surface area contributed by atoms with Crippen molar-refractivity contribution in [3.05, 3.63) is 48.2 Å². The van der Waals surface area contributed by atoms with Crippen molar-refractivity contribution in [2.75, 3.05) is 50.5 Å². The van der Waals surface area contributed by atoms with Crippen molar-refractivity contribution in [1.82, 2.24) is 14.9 Å². The Balaban J connectivity index is 1.50. The number of hydrogen-bond acceptors (Lipinski definition) is 5. The second kappa shape index (κ2) is 8.81. The average Bonchev–Trinajstić information content (AvgIpc) is 2.63. The fourth-order valence-electron chi connectivity index (χ4n) is 3.29. The van der Waals surface area contributed by atoms with Crippen molar-refractivity contribution in [3.8, 4) is 0 Å². The molecule has 0 bridgehead atoms.